The number of nitro groups is 2. The van der Waals surface area contributed by atoms with Crippen molar-refractivity contribution < 1.29 is 37.7 Å². The van der Waals surface area contributed by atoms with E-state index >= 15 is 0 Å². The number of carbonyl (C=O) groups is 2. The molecule has 2 aromatic carbocycles. The van der Waals surface area contributed by atoms with Crippen LogP contribution in [0.3, 0.4) is 0 Å². The lowest BCUT2D eigenvalue weighted by Crippen LogP contribution is -2.35. The number of Topliss-reactive ketones (excluding diaryl/α,β-unsaturated/α-hetero) is 2. The van der Waals surface area contributed by atoms with E-state index in [1.165, 1.54) is 49.4 Å². The Hall–Kier alpha value is -3.23. The van der Waals surface area contributed by atoms with Crippen LogP contribution >= 0.6 is 22.6 Å². The first-order valence-corrected chi connectivity index (χ1v) is 14.6. The van der Waals surface area contributed by atoms with Gasteiger partial charge >= 0.3 is 7.12 Å². The van der Waals surface area contributed by atoms with Gasteiger partial charge in [0.15, 0.2) is 11.6 Å². The molecule has 0 fully saturated rings. The van der Waals surface area contributed by atoms with Crippen LogP contribution < -0.4 is 5.46 Å². The molecule has 0 saturated heterocycles. The third kappa shape index (κ3) is 9.39. The Morgan fingerprint density at radius 3 is 1.70 bits per heavy atom. The normalized spacial score (nSPS) is 26.1. The number of nitro benzene ring substituents is 2. The summed E-state index contributed by atoms with van der Waals surface area (Å²) in [6.07, 6.45) is 4.07. The summed E-state index contributed by atoms with van der Waals surface area (Å²) in [5.74, 6) is -0.812. The summed E-state index contributed by atoms with van der Waals surface area (Å²) in [5.41, 5.74) is -3.87. The molecule has 44 heavy (non-hydrogen) atoms. The SMILES string of the molecule is O=[N+]([O-])c1ccccc1B(O)O.[2H]C([2H])([2H])[C@@]1(C)CC(C)(C)C=C(I)C1=O.[2H]C([2H])([2H])[C@@]1(C)CC(C)(C)C=C(c2ccccc2[N+](=O)[O-])C1=O. The van der Waals surface area contributed by atoms with Crippen molar-refractivity contribution in [3.63, 3.8) is 0 Å². The zero-order chi connectivity index (χ0) is 38.8. The predicted octanol–water partition coefficient (Wildman–Crippen LogP) is 6.61. The number of benzene rings is 2. The quantitative estimate of drug-likeness (QED) is 0.154. The topological polar surface area (TPSA) is 161 Å². The van der Waals surface area contributed by atoms with E-state index in [0.29, 0.717) is 10.0 Å². The Morgan fingerprint density at radius 1 is 0.773 bits per heavy atom. The van der Waals surface area contributed by atoms with E-state index in [4.69, 9.17) is 18.3 Å². The van der Waals surface area contributed by atoms with Crippen molar-refractivity contribution in [1.29, 1.82) is 0 Å². The lowest BCUT2D eigenvalue weighted by atomic mass is 9.65. The minimum atomic E-state index is -2.48. The van der Waals surface area contributed by atoms with Crippen molar-refractivity contribution >= 4 is 63.7 Å². The van der Waals surface area contributed by atoms with Gasteiger partial charge in [0.2, 0.25) is 0 Å². The Labute approximate surface area is 280 Å². The van der Waals surface area contributed by atoms with Crippen molar-refractivity contribution in [1.82, 2.24) is 0 Å². The first kappa shape index (κ1) is 28.3. The third-order valence-corrected chi connectivity index (χ3v) is 7.74. The van der Waals surface area contributed by atoms with E-state index in [1.807, 2.05) is 56.4 Å². The van der Waals surface area contributed by atoms with E-state index in [9.17, 15) is 29.8 Å². The van der Waals surface area contributed by atoms with Crippen LogP contribution in [0.4, 0.5) is 11.4 Å². The molecule has 0 spiro atoms. The van der Waals surface area contributed by atoms with Crippen LogP contribution in [0.15, 0.2) is 64.3 Å². The van der Waals surface area contributed by atoms with Crippen LogP contribution in [0.25, 0.3) is 5.57 Å². The van der Waals surface area contributed by atoms with Gasteiger partial charge < -0.3 is 10.0 Å². The van der Waals surface area contributed by atoms with Gasteiger partial charge in [0.25, 0.3) is 11.4 Å². The summed E-state index contributed by atoms with van der Waals surface area (Å²) in [7, 11) is -1.80. The maximum absolute atomic E-state index is 12.9. The van der Waals surface area contributed by atoms with Crippen LogP contribution in [0, 0.1) is 41.9 Å². The summed E-state index contributed by atoms with van der Waals surface area (Å²) in [5, 5.41) is 39.0. The van der Waals surface area contributed by atoms with Gasteiger partial charge in [-0.1, -0.05) is 97.7 Å². The van der Waals surface area contributed by atoms with E-state index in [2.05, 4.69) is 0 Å². The van der Waals surface area contributed by atoms with Gasteiger partial charge in [0, 0.05) is 36.8 Å². The number of hydrogen-bond acceptors (Lipinski definition) is 8. The smallest absolute Gasteiger partial charge is 0.423 e. The second-order valence-corrected chi connectivity index (χ2v) is 13.8. The first-order chi connectivity index (χ1) is 22.5. The number of halogens is 1. The van der Waals surface area contributed by atoms with Crippen LogP contribution in [-0.2, 0) is 9.59 Å². The van der Waals surface area contributed by atoms with Gasteiger partial charge in [0.1, 0.15) is 0 Å². The minimum absolute atomic E-state index is 0.0949. The lowest BCUT2D eigenvalue weighted by molar-refractivity contribution is -0.385. The molecule has 0 radical (unpaired) electrons. The average molecular weight is 724 g/mol. The molecule has 0 heterocycles. The number of para-hydroxylation sites is 2. The molecule has 0 bridgehead atoms. The van der Waals surface area contributed by atoms with Crippen LogP contribution in [0.5, 0.6) is 0 Å². The highest BCUT2D eigenvalue weighted by atomic mass is 127. The molecule has 2 aliphatic rings. The molecule has 0 aliphatic heterocycles. The van der Waals surface area contributed by atoms with Gasteiger partial charge in [-0.05, 0) is 52.3 Å². The fraction of sp³-hybridized carbons (Fsp3) is 0.438. The molecule has 12 heteroatoms. The van der Waals surface area contributed by atoms with Crippen LogP contribution in [-0.4, -0.2) is 38.6 Å². The third-order valence-electron chi connectivity index (χ3n) is 6.94. The van der Waals surface area contributed by atoms with Crippen molar-refractivity contribution in [3.05, 3.63) is 90.1 Å². The molecule has 236 valence electrons. The maximum Gasteiger partial charge on any atom is 0.495 e. The Balaban J connectivity index is 0.000000278. The molecule has 0 saturated carbocycles. The summed E-state index contributed by atoms with van der Waals surface area (Å²) in [6, 6.07) is 11.4. The van der Waals surface area contributed by atoms with E-state index in [0.717, 1.165) is 0 Å². The minimum Gasteiger partial charge on any atom is -0.423 e. The molecular weight excluding hydrogens is 678 g/mol. The second-order valence-electron chi connectivity index (χ2n) is 12.7. The lowest BCUT2D eigenvalue weighted by Gasteiger charge is -2.37. The van der Waals surface area contributed by atoms with E-state index < -0.39 is 52.7 Å². The number of ketones is 2. The second kappa shape index (κ2) is 13.8. The summed E-state index contributed by atoms with van der Waals surface area (Å²) in [4.78, 5) is 45.2. The Kier molecular flexibility index (Phi) is 8.88. The highest BCUT2D eigenvalue weighted by Gasteiger charge is 2.42. The summed E-state index contributed by atoms with van der Waals surface area (Å²) >= 11 is 1.93. The highest BCUT2D eigenvalue weighted by molar-refractivity contribution is 14.1. The first-order valence-electron chi connectivity index (χ1n) is 16.6. The maximum atomic E-state index is 12.9. The summed E-state index contributed by atoms with van der Waals surface area (Å²) in [6.45, 7) is 5.85. The Morgan fingerprint density at radius 2 is 1.23 bits per heavy atom. The molecule has 4 rings (SSSR count). The molecule has 0 aromatic heterocycles. The average Bonchev–Trinajstić information content (AvgIpc) is 2.96. The molecule has 2 atom stereocenters. The van der Waals surface area contributed by atoms with E-state index in [1.54, 1.807) is 19.1 Å². The van der Waals surface area contributed by atoms with Crippen molar-refractivity contribution in [3.8, 4) is 0 Å². The van der Waals surface area contributed by atoms with Gasteiger partial charge in [-0.15, -0.1) is 0 Å². The molecule has 2 aliphatic carbocycles. The molecular formula is C32H40BIN2O8. The summed E-state index contributed by atoms with van der Waals surface area (Å²) < 4.78 is 46.4. The number of carbonyl (C=O) groups excluding carboxylic acids is 2. The molecule has 2 aromatic rings. The fourth-order valence-corrected chi connectivity index (χ4v) is 6.88. The number of hydrogen-bond donors (Lipinski definition) is 2. The Bertz CT molecular complexity index is 1720. The van der Waals surface area contributed by atoms with Crippen LogP contribution in [0.1, 0.15) is 81.9 Å². The van der Waals surface area contributed by atoms with Crippen molar-refractivity contribution in [2.75, 3.05) is 0 Å². The molecule has 10 nitrogen and oxygen atoms in total. The van der Waals surface area contributed by atoms with Crippen molar-refractivity contribution in [2.24, 2.45) is 21.7 Å². The number of allylic oxidation sites excluding steroid dienone is 4. The van der Waals surface area contributed by atoms with Gasteiger partial charge in [-0.25, -0.2) is 0 Å². The zero-order valence-electron chi connectivity index (χ0n) is 31.4. The van der Waals surface area contributed by atoms with Crippen molar-refractivity contribution in [2.45, 2.75) is 68.1 Å². The van der Waals surface area contributed by atoms with Gasteiger partial charge in [-0.3, -0.25) is 29.8 Å². The molecule has 2 N–H and O–H groups in total. The number of rotatable bonds is 4. The standard InChI is InChI=1S/C16H19NO3.C10H15IO.C6H6BNO4/c1-15(2)9-12(14(18)16(3,4)10-15)11-7-5-6-8-13(11)17(19)20;1-9(2)5-7(11)8(12)10(3,4)6-9;9-7(10)5-3-1-2-4-6(5)8(11)12/h5-9H,10H2,1-4H3;5H,6H2,1-4H3;1-4,9-10H/i2*3D3;/t16-;10-;/m11./s1. The largest absolute Gasteiger partial charge is 0.495 e. The van der Waals surface area contributed by atoms with Crippen LogP contribution in [0.2, 0.25) is 0 Å². The van der Waals surface area contributed by atoms with E-state index in [-0.39, 0.29) is 45.6 Å². The monoisotopic (exact) mass is 724 g/mol. The highest BCUT2D eigenvalue weighted by Crippen LogP contribution is 2.46. The van der Waals surface area contributed by atoms with Gasteiger partial charge in [0.05, 0.1) is 24.5 Å². The molecule has 0 unspecified atom stereocenters. The predicted molar refractivity (Wildman–Crippen MR) is 180 cm³/mol. The fourth-order valence-electron chi connectivity index (χ4n) is 5.44. The zero-order valence-corrected chi connectivity index (χ0v) is 27.5. The number of nitrogens with zero attached hydrogens (tertiary/aromatic N) is 2. The van der Waals surface area contributed by atoms with Gasteiger partial charge in [-0.2, -0.15) is 0 Å². The molecule has 0 amide bonds.